The lowest BCUT2D eigenvalue weighted by Crippen LogP contribution is -2.37. The fourth-order valence-electron chi connectivity index (χ4n) is 4.12. The number of hydrogen-bond acceptors (Lipinski definition) is 5. The van der Waals surface area contributed by atoms with E-state index in [1.54, 1.807) is 11.9 Å². The maximum atomic E-state index is 13.1. The Morgan fingerprint density at radius 2 is 1.77 bits per heavy atom. The van der Waals surface area contributed by atoms with Gasteiger partial charge in [0, 0.05) is 39.3 Å². The minimum absolute atomic E-state index is 0. The van der Waals surface area contributed by atoms with Crippen LogP contribution in [0.3, 0.4) is 0 Å². The minimum atomic E-state index is -0.464. The molecule has 0 radical (unpaired) electrons. The summed E-state index contributed by atoms with van der Waals surface area (Å²) in [6, 6.07) is 11.6. The van der Waals surface area contributed by atoms with Crippen LogP contribution in [0.25, 0.3) is 11.0 Å². The number of amides is 1. The van der Waals surface area contributed by atoms with Crippen molar-refractivity contribution in [3.63, 3.8) is 0 Å². The SMILES string of the molecule is Cl.Cl.Cn1c(=O)c2cc(C(=O)N3C[C@@H](CN)[C@H](c4ccccc4)C3)cnc2n(C)c1=O. The fraction of sp³-hybridized carbons (Fsp3) is 0.333. The molecule has 8 nitrogen and oxygen atoms in total. The Balaban J connectivity index is 0.00000171. The highest BCUT2D eigenvalue weighted by atomic mass is 35.5. The van der Waals surface area contributed by atoms with Crippen LogP contribution >= 0.6 is 24.8 Å². The van der Waals surface area contributed by atoms with Gasteiger partial charge in [0.15, 0.2) is 0 Å². The summed E-state index contributed by atoms with van der Waals surface area (Å²) in [5, 5.41) is 0.245. The van der Waals surface area contributed by atoms with Gasteiger partial charge in [-0.3, -0.25) is 18.7 Å². The molecule has 0 unspecified atom stereocenters. The Bertz CT molecular complexity index is 1210. The van der Waals surface area contributed by atoms with E-state index in [9.17, 15) is 14.4 Å². The fourth-order valence-corrected chi connectivity index (χ4v) is 4.12. The quantitative estimate of drug-likeness (QED) is 0.627. The highest BCUT2D eigenvalue weighted by Gasteiger charge is 2.35. The number of pyridine rings is 1. The first-order chi connectivity index (χ1) is 13.9. The monoisotopic (exact) mass is 465 g/mol. The molecular formula is C21H25Cl2N5O3. The summed E-state index contributed by atoms with van der Waals surface area (Å²) < 4.78 is 2.32. The lowest BCUT2D eigenvalue weighted by Gasteiger charge is -2.17. The number of benzene rings is 1. The molecule has 1 fully saturated rings. The predicted octanol–water partition coefficient (Wildman–Crippen LogP) is 1.29. The van der Waals surface area contributed by atoms with Gasteiger partial charge in [-0.2, -0.15) is 0 Å². The first-order valence-corrected chi connectivity index (χ1v) is 9.52. The zero-order valence-corrected chi connectivity index (χ0v) is 18.9. The van der Waals surface area contributed by atoms with Crippen molar-refractivity contribution in [1.29, 1.82) is 0 Å². The van der Waals surface area contributed by atoms with Crippen LogP contribution in [0, 0.1) is 5.92 Å². The minimum Gasteiger partial charge on any atom is -0.338 e. The largest absolute Gasteiger partial charge is 0.338 e. The summed E-state index contributed by atoms with van der Waals surface area (Å²) in [7, 11) is 2.96. The van der Waals surface area contributed by atoms with Crippen LogP contribution in [0.1, 0.15) is 21.8 Å². The molecule has 3 aromatic rings. The Morgan fingerprint density at radius 3 is 2.42 bits per heavy atom. The van der Waals surface area contributed by atoms with E-state index in [0.29, 0.717) is 25.2 Å². The Labute approximate surface area is 191 Å². The first kappa shape index (κ1) is 24.6. The van der Waals surface area contributed by atoms with Crippen molar-refractivity contribution in [3.8, 4) is 0 Å². The molecule has 2 atom stereocenters. The van der Waals surface area contributed by atoms with E-state index in [2.05, 4.69) is 17.1 Å². The average molecular weight is 466 g/mol. The van der Waals surface area contributed by atoms with Crippen LogP contribution < -0.4 is 17.0 Å². The summed E-state index contributed by atoms with van der Waals surface area (Å²) in [5.41, 5.74) is 6.82. The van der Waals surface area contributed by atoms with Crippen molar-refractivity contribution in [2.75, 3.05) is 19.6 Å². The van der Waals surface area contributed by atoms with Gasteiger partial charge in [0.25, 0.3) is 11.5 Å². The second-order valence-corrected chi connectivity index (χ2v) is 7.52. The van der Waals surface area contributed by atoms with E-state index in [1.807, 2.05) is 18.2 Å². The van der Waals surface area contributed by atoms with E-state index in [1.165, 1.54) is 29.4 Å². The summed E-state index contributed by atoms with van der Waals surface area (Å²) in [6.07, 6.45) is 1.43. The van der Waals surface area contributed by atoms with Crippen LogP contribution in [0.2, 0.25) is 0 Å². The molecule has 31 heavy (non-hydrogen) atoms. The van der Waals surface area contributed by atoms with Crippen molar-refractivity contribution in [1.82, 2.24) is 19.0 Å². The number of aryl methyl sites for hydroxylation is 1. The average Bonchev–Trinajstić information content (AvgIpc) is 3.20. The van der Waals surface area contributed by atoms with Crippen molar-refractivity contribution >= 4 is 41.8 Å². The number of aromatic nitrogens is 3. The van der Waals surface area contributed by atoms with Crippen molar-refractivity contribution in [2.24, 2.45) is 25.7 Å². The number of halogens is 2. The third-order valence-electron chi connectivity index (χ3n) is 5.80. The van der Waals surface area contributed by atoms with Crippen molar-refractivity contribution in [2.45, 2.75) is 5.92 Å². The van der Waals surface area contributed by atoms with Crippen LogP contribution in [-0.4, -0.2) is 44.6 Å². The van der Waals surface area contributed by atoms with Crippen molar-refractivity contribution in [3.05, 3.63) is 74.6 Å². The highest BCUT2D eigenvalue weighted by Crippen LogP contribution is 2.32. The number of nitrogens with two attached hydrogens (primary N) is 1. The second-order valence-electron chi connectivity index (χ2n) is 7.52. The van der Waals surface area contributed by atoms with Gasteiger partial charge in [0.2, 0.25) is 0 Å². The van der Waals surface area contributed by atoms with Gasteiger partial charge < -0.3 is 10.6 Å². The molecule has 0 bridgehead atoms. The van der Waals surface area contributed by atoms with Gasteiger partial charge >= 0.3 is 5.69 Å². The standard InChI is InChI=1S/C21H23N5O3.2ClH/c1-24-18-16(20(28)25(2)21(24)29)8-14(10-23-18)19(27)26-11-15(9-22)17(12-26)13-6-4-3-5-7-13;;/h3-8,10,15,17H,9,11-12,22H2,1-2H3;2*1H/t15-,17+;;/m1../s1. The summed E-state index contributed by atoms with van der Waals surface area (Å²) in [6.45, 7) is 1.61. The molecule has 10 heteroatoms. The molecule has 0 aliphatic carbocycles. The van der Waals surface area contributed by atoms with Crippen LogP contribution in [-0.2, 0) is 14.1 Å². The summed E-state index contributed by atoms with van der Waals surface area (Å²) in [4.78, 5) is 43.7. The molecule has 0 spiro atoms. The summed E-state index contributed by atoms with van der Waals surface area (Å²) >= 11 is 0. The number of likely N-dealkylation sites (tertiary alicyclic amines) is 1. The predicted molar refractivity (Wildman–Crippen MR) is 124 cm³/mol. The Morgan fingerprint density at radius 1 is 1.10 bits per heavy atom. The van der Waals surface area contributed by atoms with E-state index in [0.717, 1.165) is 4.57 Å². The zero-order valence-electron chi connectivity index (χ0n) is 17.2. The third-order valence-corrected chi connectivity index (χ3v) is 5.80. The topological polar surface area (TPSA) is 103 Å². The number of nitrogens with zero attached hydrogens (tertiary/aromatic N) is 4. The number of carbonyl (C=O) groups excluding carboxylic acids is 1. The lowest BCUT2D eigenvalue weighted by molar-refractivity contribution is 0.0786. The number of carbonyl (C=O) groups is 1. The number of fused-ring (bicyclic) bond motifs is 1. The van der Waals surface area contributed by atoms with Gasteiger partial charge in [-0.25, -0.2) is 9.78 Å². The van der Waals surface area contributed by atoms with Gasteiger partial charge in [-0.15, -0.1) is 24.8 Å². The van der Waals surface area contributed by atoms with Crippen LogP contribution in [0.4, 0.5) is 0 Å². The molecule has 4 rings (SSSR count). The van der Waals surface area contributed by atoms with Gasteiger partial charge in [-0.1, -0.05) is 30.3 Å². The smallest absolute Gasteiger partial charge is 0.332 e. The van der Waals surface area contributed by atoms with Crippen LogP contribution in [0.15, 0.2) is 52.2 Å². The van der Waals surface area contributed by atoms with Gasteiger partial charge in [-0.05, 0) is 24.1 Å². The molecule has 1 aliphatic heterocycles. The molecule has 1 aliphatic rings. The molecular weight excluding hydrogens is 441 g/mol. The molecule has 2 N–H and O–H groups in total. The molecule has 3 heterocycles. The molecule has 1 amide bonds. The molecule has 166 valence electrons. The van der Waals surface area contributed by atoms with E-state index in [4.69, 9.17) is 5.73 Å². The molecule has 2 aromatic heterocycles. The highest BCUT2D eigenvalue weighted by molar-refractivity contribution is 5.97. The van der Waals surface area contributed by atoms with E-state index in [-0.39, 0.29) is 53.6 Å². The van der Waals surface area contributed by atoms with Gasteiger partial charge in [0.05, 0.1) is 10.9 Å². The number of hydrogen-bond donors (Lipinski definition) is 1. The maximum absolute atomic E-state index is 13.1. The lowest BCUT2D eigenvalue weighted by atomic mass is 9.89. The van der Waals surface area contributed by atoms with Gasteiger partial charge in [0.1, 0.15) is 5.65 Å². The normalized spacial score (nSPS) is 17.8. The third kappa shape index (κ3) is 4.23. The van der Waals surface area contributed by atoms with Crippen LogP contribution in [0.5, 0.6) is 0 Å². The maximum Gasteiger partial charge on any atom is 0.332 e. The molecule has 1 aromatic carbocycles. The number of rotatable bonds is 3. The first-order valence-electron chi connectivity index (χ1n) is 9.52. The Kier molecular flexibility index (Phi) is 7.64. The van der Waals surface area contributed by atoms with Crippen molar-refractivity contribution < 1.29 is 4.79 Å². The second kappa shape index (κ2) is 9.64. The summed E-state index contributed by atoms with van der Waals surface area (Å²) in [5.74, 6) is 0.155. The Hall–Kier alpha value is -2.68. The van der Waals surface area contributed by atoms with E-state index < -0.39 is 11.2 Å². The molecule has 1 saturated heterocycles. The van der Waals surface area contributed by atoms with E-state index >= 15 is 0 Å². The zero-order chi connectivity index (χ0) is 20.7. The molecule has 0 saturated carbocycles.